The van der Waals surface area contributed by atoms with Crippen LogP contribution in [0.4, 0.5) is 0 Å². The molecule has 0 fully saturated rings. The molecule has 0 atom stereocenters. The molecule has 7 aromatic carbocycles. The Labute approximate surface area is 258 Å². The van der Waals surface area contributed by atoms with Crippen LogP contribution in [0.5, 0.6) is 0 Å². The lowest BCUT2D eigenvalue weighted by Gasteiger charge is -2.11. The summed E-state index contributed by atoms with van der Waals surface area (Å²) in [5, 5.41) is 7.24. The molecule has 210 valence electrons. The van der Waals surface area contributed by atoms with Crippen molar-refractivity contribution in [2.24, 2.45) is 0 Å². The van der Waals surface area contributed by atoms with E-state index in [9.17, 15) is 0 Å². The van der Waals surface area contributed by atoms with Crippen LogP contribution in [-0.2, 0) is 0 Å². The second-order valence-corrected chi connectivity index (χ2v) is 11.8. The third-order valence-electron chi connectivity index (χ3n) is 9.32. The largest absolute Gasteiger partial charge is 0.456 e. The first-order valence-electron chi connectivity index (χ1n) is 15.4. The SMILES string of the molecule is c1ccc(-c2ccc(-n3c4ccccc4c4c3ccc3c5ccccc5n(-c5ccc6c(c5)oc5ccccc56)c34)cc2)cc1. The van der Waals surface area contributed by atoms with Gasteiger partial charge >= 0.3 is 0 Å². The fourth-order valence-electron chi connectivity index (χ4n) is 7.34. The van der Waals surface area contributed by atoms with Gasteiger partial charge in [0.05, 0.1) is 22.1 Å². The Hall–Kier alpha value is -6.06. The number of furan rings is 1. The predicted molar refractivity (Wildman–Crippen MR) is 188 cm³/mol. The highest BCUT2D eigenvalue weighted by atomic mass is 16.3. The molecule has 3 nitrogen and oxygen atoms in total. The van der Waals surface area contributed by atoms with Gasteiger partial charge in [0, 0.05) is 49.8 Å². The van der Waals surface area contributed by atoms with E-state index in [1.54, 1.807) is 0 Å². The van der Waals surface area contributed by atoms with Crippen LogP contribution in [0.25, 0.3) is 88.1 Å². The van der Waals surface area contributed by atoms with Gasteiger partial charge < -0.3 is 13.6 Å². The Morgan fingerprint density at radius 3 is 1.78 bits per heavy atom. The van der Waals surface area contributed by atoms with Gasteiger partial charge in [-0.3, -0.25) is 0 Å². The summed E-state index contributed by atoms with van der Waals surface area (Å²) in [5.41, 5.74) is 11.2. The molecule has 3 heterocycles. The highest BCUT2D eigenvalue weighted by Gasteiger charge is 2.21. The fourth-order valence-corrected chi connectivity index (χ4v) is 7.34. The van der Waals surface area contributed by atoms with E-state index in [-0.39, 0.29) is 0 Å². The van der Waals surface area contributed by atoms with Crippen LogP contribution >= 0.6 is 0 Å². The van der Waals surface area contributed by atoms with Crippen molar-refractivity contribution in [2.75, 3.05) is 0 Å². The molecule has 0 amide bonds. The summed E-state index contributed by atoms with van der Waals surface area (Å²) in [6.45, 7) is 0. The van der Waals surface area contributed by atoms with Gasteiger partial charge in [0.2, 0.25) is 0 Å². The van der Waals surface area contributed by atoms with Crippen molar-refractivity contribution in [1.29, 1.82) is 0 Å². The first-order chi connectivity index (χ1) is 22.3. The predicted octanol–water partition coefficient (Wildman–Crippen LogP) is 11.4. The van der Waals surface area contributed by atoms with Crippen molar-refractivity contribution in [3.63, 3.8) is 0 Å². The van der Waals surface area contributed by atoms with Gasteiger partial charge in [-0.25, -0.2) is 0 Å². The Kier molecular flexibility index (Phi) is 5.00. The zero-order valence-corrected chi connectivity index (χ0v) is 24.3. The minimum absolute atomic E-state index is 0.896. The lowest BCUT2D eigenvalue weighted by molar-refractivity contribution is 0.668. The zero-order chi connectivity index (χ0) is 29.5. The van der Waals surface area contributed by atoms with Crippen LogP contribution in [0.1, 0.15) is 0 Å². The van der Waals surface area contributed by atoms with E-state index in [1.165, 1.54) is 54.7 Å². The lowest BCUT2D eigenvalue weighted by Crippen LogP contribution is -1.95. The molecule has 0 N–H and O–H groups in total. The number of hydrogen-bond donors (Lipinski definition) is 0. The van der Waals surface area contributed by atoms with Crippen LogP contribution in [-0.4, -0.2) is 9.13 Å². The minimum Gasteiger partial charge on any atom is -0.456 e. The van der Waals surface area contributed by atoms with Crippen molar-refractivity contribution in [3.05, 3.63) is 158 Å². The second-order valence-electron chi connectivity index (χ2n) is 11.8. The smallest absolute Gasteiger partial charge is 0.137 e. The fraction of sp³-hybridized carbons (Fsp3) is 0. The van der Waals surface area contributed by atoms with Crippen LogP contribution < -0.4 is 0 Å². The van der Waals surface area contributed by atoms with Crippen LogP contribution in [0, 0.1) is 0 Å². The summed E-state index contributed by atoms with van der Waals surface area (Å²) in [7, 11) is 0. The molecule has 0 saturated carbocycles. The number of rotatable bonds is 3. The summed E-state index contributed by atoms with van der Waals surface area (Å²) in [5.74, 6) is 0. The molecule has 0 saturated heterocycles. The molecule has 0 spiro atoms. The third-order valence-corrected chi connectivity index (χ3v) is 9.32. The van der Waals surface area contributed by atoms with Gasteiger partial charge in [0.25, 0.3) is 0 Å². The third kappa shape index (κ3) is 3.46. The number of para-hydroxylation sites is 3. The van der Waals surface area contributed by atoms with Crippen LogP contribution in [0.2, 0.25) is 0 Å². The van der Waals surface area contributed by atoms with Gasteiger partial charge in [0.1, 0.15) is 11.2 Å². The van der Waals surface area contributed by atoms with E-state index in [0.29, 0.717) is 0 Å². The number of hydrogen-bond acceptors (Lipinski definition) is 1. The van der Waals surface area contributed by atoms with E-state index >= 15 is 0 Å². The Morgan fingerprint density at radius 2 is 0.956 bits per heavy atom. The van der Waals surface area contributed by atoms with Gasteiger partial charge in [-0.2, -0.15) is 0 Å². The van der Waals surface area contributed by atoms with Gasteiger partial charge in [-0.05, 0) is 59.7 Å². The monoisotopic (exact) mass is 574 g/mol. The van der Waals surface area contributed by atoms with E-state index in [4.69, 9.17) is 4.42 Å². The molecular formula is C42H26N2O. The van der Waals surface area contributed by atoms with Gasteiger partial charge in [-0.15, -0.1) is 0 Å². The summed E-state index contributed by atoms with van der Waals surface area (Å²) in [4.78, 5) is 0. The topological polar surface area (TPSA) is 23.0 Å². The van der Waals surface area contributed by atoms with Crippen molar-refractivity contribution < 1.29 is 4.42 Å². The molecule has 0 aliphatic rings. The van der Waals surface area contributed by atoms with Gasteiger partial charge in [-0.1, -0.05) is 103 Å². The number of aromatic nitrogens is 2. The molecule has 3 aromatic heterocycles. The molecule has 0 bridgehead atoms. The molecule has 0 unspecified atom stereocenters. The normalized spacial score (nSPS) is 12.0. The van der Waals surface area contributed by atoms with Crippen molar-refractivity contribution in [3.8, 4) is 22.5 Å². The van der Waals surface area contributed by atoms with E-state index in [2.05, 4.69) is 155 Å². The standard InChI is InChI=1S/C42H26N2O/c1-2-10-27(11-3-1)28-18-20-29(21-19-28)43-37-16-8-5-14-35(37)41-38(43)25-24-34-31-12-4-7-15-36(31)44(42(34)41)30-22-23-33-32-13-6-9-17-39(32)45-40(33)26-30/h1-26H. The summed E-state index contributed by atoms with van der Waals surface area (Å²) >= 11 is 0. The van der Waals surface area contributed by atoms with Crippen LogP contribution in [0.15, 0.2) is 162 Å². The molecular weight excluding hydrogens is 548 g/mol. The molecule has 10 aromatic rings. The van der Waals surface area contributed by atoms with Crippen molar-refractivity contribution in [1.82, 2.24) is 9.13 Å². The Bertz CT molecular complexity index is 2740. The molecule has 10 rings (SSSR count). The molecule has 0 aliphatic carbocycles. The number of nitrogens with zero attached hydrogens (tertiary/aromatic N) is 2. The number of fused-ring (bicyclic) bond motifs is 10. The van der Waals surface area contributed by atoms with Gasteiger partial charge in [0.15, 0.2) is 0 Å². The minimum atomic E-state index is 0.896. The quantitative estimate of drug-likeness (QED) is 0.206. The average Bonchev–Trinajstić information content (AvgIpc) is 3.76. The zero-order valence-electron chi connectivity index (χ0n) is 24.3. The summed E-state index contributed by atoms with van der Waals surface area (Å²) in [6.07, 6.45) is 0. The first-order valence-corrected chi connectivity index (χ1v) is 15.4. The van der Waals surface area contributed by atoms with E-state index in [1.807, 2.05) is 12.1 Å². The highest BCUT2D eigenvalue weighted by Crippen LogP contribution is 2.42. The molecule has 0 aliphatic heterocycles. The van der Waals surface area contributed by atoms with Crippen molar-refractivity contribution in [2.45, 2.75) is 0 Å². The first kappa shape index (κ1) is 24.4. The maximum absolute atomic E-state index is 6.36. The number of benzene rings is 7. The summed E-state index contributed by atoms with van der Waals surface area (Å²) < 4.78 is 11.2. The highest BCUT2D eigenvalue weighted by molar-refractivity contribution is 6.26. The lowest BCUT2D eigenvalue weighted by atomic mass is 10.1. The average molecular weight is 575 g/mol. The molecule has 0 radical (unpaired) electrons. The van der Waals surface area contributed by atoms with Crippen LogP contribution in [0.3, 0.4) is 0 Å². The van der Waals surface area contributed by atoms with E-state index < -0.39 is 0 Å². The Morgan fingerprint density at radius 1 is 0.356 bits per heavy atom. The maximum atomic E-state index is 6.36. The second kappa shape index (κ2) is 9.22. The van der Waals surface area contributed by atoms with E-state index in [0.717, 1.165) is 33.3 Å². The van der Waals surface area contributed by atoms with Crippen molar-refractivity contribution >= 4 is 65.6 Å². The molecule has 45 heavy (non-hydrogen) atoms. The molecule has 3 heteroatoms. The summed E-state index contributed by atoms with van der Waals surface area (Å²) in [6, 6.07) is 56.5. The Balaban J connectivity index is 1.29. The maximum Gasteiger partial charge on any atom is 0.137 e.